The summed E-state index contributed by atoms with van der Waals surface area (Å²) in [5, 5.41) is 2.07. The lowest BCUT2D eigenvalue weighted by molar-refractivity contribution is 0.219. The molecule has 0 heterocycles. The molecule has 0 bridgehead atoms. The Kier molecular flexibility index (Phi) is 4.65. The molecule has 0 amide bonds. The molecule has 4 nitrogen and oxygen atoms in total. The van der Waals surface area contributed by atoms with Crippen molar-refractivity contribution in [2.75, 3.05) is 6.61 Å². The van der Waals surface area contributed by atoms with Crippen LogP contribution in [0.3, 0.4) is 0 Å². The van der Waals surface area contributed by atoms with Gasteiger partial charge in [0.2, 0.25) is 0 Å². The highest BCUT2D eigenvalue weighted by Gasteiger charge is 2.30. The molecule has 0 aliphatic carbocycles. The van der Waals surface area contributed by atoms with Gasteiger partial charge in [0.15, 0.2) is 0 Å². The van der Waals surface area contributed by atoms with Gasteiger partial charge in [-0.2, -0.15) is 0 Å². The van der Waals surface area contributed by atoms with Gasteiger partial charge in [-0.25, -0.2) is 4.57 Å². The van der Waals surface area contributed by atoms with Crippen LogP contribution in [0.2, 0.25) is 0 Å². The van der Waals surface area contributed by atoms with Crippen LogP contribution in [0.15, 0.2) is 72.8 Å². The van der Waals surface area contributed by atoms with Crippen LogP contribution < -0.4 is 9.05 Å². The van der Waals surface area contributed by atoms with E-state index in [0.29, 0.717) is 11.5 Å². The summed E-state index contributed by atoms with van der Waals surface area (Å²) >= 11 is 0. The summed E-state index contributed by atoms with van der Waals surface area (Å²) in [5.41, 5.74) is 0. The van der Waals surface area contributed by atoms with E-state index >= 15 is 0 Å². The Hall–Kier alpha value is -2.29. The molecule has 23 heavy (non-hydrogen) atoms. The molecule has 3 rings (SSSR count). The SMILES string of the molecule is CCOP(=O)(Oc1ccccc1)Oc1ccc2ccccc2c1. The molecule has 1 atom stereocenters. The highest BCUT2D eigenvalue weighted by molar-refractivity contribution is 7.49. The van der Waals surface area contributed by atoms with Crippen molar-refractivity contribution in [2.45, 2.75) is 6.92 Å². The number of phosphoric ester groups is 1. The van der Waals surface area contributed by atoms with Crippen LogP contribution in [-0.2, 0) is 9.09 Å². The van der Waals surface area contributed by atoms with Gasteiger partial charge in [0.1, 0.15) is 11.5 Å². The van der Waals surface area contributed by atoms with E-state index in [1.54, 1.807) is 37.3 Å². The fraction of sp³-hybridized carbons (Fsp3) is 0.111. The fourth-order valence-electron chi connectivity index (χ4n) is 2.19. The van der Waals surface area contributed by atoms with E-state index in [9.17, 15) is 4.57 Å². The normalized spacial score (nSPS) is 13.4. The van der Waals surface area contributed by atoms with Crippen molar-refractivity contribution in [3.63, 3.8) is 0 Å². The minimum absolute atomic E-state index is 0.220. The highest BCUT2D eigenvalue weighted by atomic mass is 31.2. The van der Waals surface area contributed by atoms with Crippen LogP contribution in [0.25, 0.3) is 10.8 Å². The number of benzene rings is 3. The van der Waals surface area contributed by atoms with Gasteiger partial charge in [-0.15, -0.1) is 0 Å². The Morgan fingerprint density at radius 2 is 1.43 bits per heavy atom. The molecule has 0 fully saturated rings. The largest absolute Gasteiger partial charge is 0.587 e. The van der Waals surface area contributed by atoms with Crippen molar-refractivity contribution in [3.05, 3.63) is 72.8 Å². The van der Waals surface area contributed by atoms with E-state index in [1.165, 1.54) is 0 Å². The zero-order chi connectivity index (χ0) is 16.1. The second-order valence-electron chi connectivity index (χ2n) is 4.87. The Labute approximate surface area is 135 Å². The quantitative estimate of drug-likeness (QED) is 0.565. The fourth-order valence-corrected chi connectivity index (χ4v) is 3.40. The predicted octanol–water partition coefficient (Wildman–Crippen LogP) is 5.44. The second kappa shape index (κ2) is 6.86. The summed E-state index contributed by atoms with van der Waals surface area (Å²) in [4.78, 5) is 0. The number of hydrogen-bond donors (Lipinski definition) is 0. The summed E-state index contributed by atoms with van der Waals surface area (Å²) in [6, 6.07) is 22.2. The van der Waals surface area contributed by atoms with Crippen molar-refractivity contribution < 1.29 is 18.1 Å². The van der Waals surface area contributed by atoms with Gasteiger partial charge in [0.05, 0.1) is 6.61 Å². The van der Waals surface area contributed by atoms with Crippen LogP contribution in [-0.4, -0.2) is 6.61 Å². The smallest absolute Gasteiger partial charge is 0.395 e. The lowest BCUT2D eigenvalue weighted by Gasteiger charge is -2.18. The van der Waals surface area contributed by atoms with Crippen molar-refractivity contribution in [1.82, 2.24) is 0 Å². The molecule has 3 aromatic carbocycles. The van der Waals surface area contributed by atoms with E-state index < -0.39 is 7.82 Å². The lowest BCUT2D eigenvalue weighted by Crippen LogP contribution is -2.04. The molecule has 0 aliphatic rings. The standard InChI is InChI=1S/C18H17O4P/c1-2-20-23(19,21-17-10-4-3-5-11-17)22-18-13-12-15-8-6-7-9-16(15)14-18/h3-14H,2H2,1H3. The van der Waals surface area contributed by atoms with Crippen LogP contribution in [0, 0.1) is 0 Å². The number of phosphoric acid groups is 1. The van der Waals surface area contributed by atoms with Gasteiger partial charge in [0, 0.05) is 0 Å². The van der Waals surface area contributed by atoms with Gasteiger partial charge in [-0.05, 0) is 42.0 Å². The van der Waals surface area contributed by atoms with Crippen molar-refractivity contribution in [3.8, 4) is 11.5 Å². The van der Waals surface area contributed by atoms with E-state index in [2.05, 4.69) is 0 Å². The summed E-state index contributed by atoms with van der Waals surface area (Å²) in [6.45, 7) is 1.96. The molecule has 3 aromatic rings. The zero-order valence-electron chi connectivity index (χ0n) is 12.7. The Bertz CT molecular complexity index is 833. The third kappa shape index (κ3) is 3.92. The third-order valence-corrected chi connectivity index (χ3v) is 4.63. The monoisotopic (exact) mass is 328 g/mol. The summed E-state index contributed by atoms with van der Waals surface area (Å²) in [6.07, 6.45) is 0. The van der Waals surface area contributed by atoms with Crippen LogP contribution in [0.1, 0.15) is 6.92 Å². The maximum atomic E-state index is 12.8. The molecule has 118 valence electrons. The van der Waals surface area contributed by atoms with Crippen LogP contribution >= 0.6 is 7.82 Å². The zero-order valence-corrected chi connectivity index (χ0v) is 13.6. The predicted molar refractivity (Wildman–Crippen MR) is 90.9 cm³/mol. The summed E-state index contributed by atoms with van der Waals surface area (Å²) in [7, 11) is -3.74. The molecule has 5 heteroatoms. The Morgan fingerprint density at radius 3 is 2.17 bits per heavy atom. The first kappa shape index (κ1) is 15.6. The molecule has 0 aliphatic heterocycles. The van der Waals surface area contributed by atoms with Crippen molar-refractivity contribution in [1.29, 1.82) is 0 Å². The molecule has 0 saturated carbocycles. The average Bonchev–Trinajstić information content (AvgIpc) is 2.55. The molecule has 0 radical (unpaired) electrons. The first-order chi connectivity index (χ1) is 11.2. The Morgan fingerprint density at radius 1 is 0.783 bits per heavy atom. The lowest BCUT2D eigenvalue weighted by atomic mass is 10.1. The van der Waals surface area contributed by atoms with Gasteiger partial charge in [0.25, 0.3) is 0 Å². The Balaban J connectivity index is 1.86. The van der Waals surface area contributed by atoms with E-state index in [-0.39, 0.29) is 6.61 Å². The van der Waals surface area contributed by atoms with Gasteiger partial charge in [-0.3, -0.25) is 4.52 Å². The molecule has 0 aromatic heterocycles. The van der Waals surface area contributed by atoms with Crippen LogP contribution in [0.5, 0.6) is 11.5 Å². The summed E-state index contributed by atoms with van der Waals surface area (Å²) in [5.74, 6) is 0.876. The number of hydrogen-bond acceptors (Lipinski definition) is 4. The van der Waals surface area contributed by atoms with Gasteiger partial charge < -0.3 is 9.05 Å². The van der Waals surface area contributed by atoms with Gasteiger partial charge in [-0.1, -0.05) is 48.5 Å². The van der Waals surface area contributed by atoms with Crippen molar-refractivity contribution >= 4 is 18.6 Å². The third-order valence-electron chi connectivity index (χ3n) is 3.19. The van der Waals surface area contributed by atoms with E-state index in [1.807, 2.05) is 42.5 Å². The number of rotatable bonds is 6. The van der Waals surface area contributed by atoms with Crippen molar-refractivity contribution in [2.24, 2.45) is 0 Å². The maximum Gasteiger partial charge on any atom is 0.587 e. The first-order valence-corrected chi connectivity index (χ1v) is 8.82. The molecule has 1 unspecified atom stereocenters. The molecular formula is C18H17O4P. The maximum absolute atomic E-state index is 12.8. The second-order valence-corrected chi connectivity index (χ2v) is 6.39. The average molecular weight is 328 g/mol. The minimum Gasteiger partial charge on any atom is -0.395 e. The highest BCUT2D eigenvalue weighted by Crippen LogP contribution is 2.49. The number of para-hydroxylation sites is 1. The topological polar surface area (TPSA) is 44.8 Å². The first-order valence-electron chi connectivity index (χ1n) is 7.36. The number of fused-ring (bicyclic) bond motifs is 1. The van der Waals surface area contributed by atoms with Gasteiger partial charge >= 0.3 is 7.82 Å². The molecule has 0 N–H and O–H groups in total. The van der Waals surface area contributed by atoms with Crippen LogP contribution in [0.4, 0.5) is 0 Å². The summed E-state index contributed by atoms with van der Waals surface area (Å²) < 4.78 is 29.1. The minimum atomic E-state index is -3.74. The molecule has 0 spiro atoms. The van der Waals surface area contributed by atoms with E-state index in [0.717, 1.165) is 10.8 Å². The van der Waals surface area contributed by atoms with E-state index in [4.69, 9.17) is 13.6 Å². The molecular weight excluding hydrogens is 311 g/mol. The molecule has 0 saturated heterocycles.